The van der Waals surface area contributed by atoms with Crippen LogP contribution in [0.15, 0.2) is 53.3 Å². The highest BCUT2D eigenvalue weighted by atomic mass is 32.1. The van der Waals surface area contributed by atoms with Crippen LogP contribution in [-0.2, 0) is 0 Å². The second-order valence-electron chi connectivity index (χ2n) is 4.58. The second kappa shape index (κ2) is 5.12. The van der Waals surface area contributed by atoms with E-state index >= 15 is 0 Å². The molecule has 0 aliphatic heterocycles. The molecular formula is C15H9N5OS. The van der Waals surface area contributed by atoms with Crippen LogP contribution in [0.2, 0.25) is 0 Å². The molecule has 0 atom stereocenters. The highest BCUT2D eigenvalue weighted by molar-refractivity contribution is 7.17. The highest BCUT2D eigenvalue weighted by Crippen LogP contribution is 2.30. The summed E-state index contributed by atoms with van der Waals surface area (Å²) in [7, 11) is 0. The number of hydrogen-bond donors (Lipinski definition) is 1. The third kappa shape index (κ3) is 2.08. The van der Waals surface area contributed by atoms with Gasteiger partial charge in [-0.05, 0) is 12.1 Å². The van der Waals surface area contributed by atoms with Crippen LogP contribution in [0.5, 0.6) is 0 Å². The first-order valence-electron chi connectivity index (χ1n) is 6.51. The Bertz CT molecular complexity index is 995. The van der Waals surface area contributed by atoms with Gasteiger partial charge in [-0.25, -0.2) is 15.0 Å². The van der Waals surface area contributed by atoms with Gasteiger partial charge in [0.05, 0.1) is 5.52 Å². The van der Waals surface area contributed by atoms with E-state index in [1.165, 1.54) is 17.7 Å². The van der Waals surface area contributed by atoms with Crippen LogP contribution in [0, 0.1) is 0 Å². The van der Waals surface area contributed by atoms with Gasteiger partial charge in [-0.3, -0.25) is 9.78 Å². The third-order valence-electron chi connectivity index (χ3n) is 3.21. The van der Waals surface area contributed by atoms with E-state index in [0.29, 0.717) is 21.7 Å². The molecule has 0 spiro atoms. The van der Waals surface area contributed by atoms with Crippen molar-refractivity contribution in [2.45, 2.75) is 0 Å². The Balaban J connectivity index is 1.99. The Kier molecular flexibility index (Phi) is 2.97. The number of rotatable bonds is 2. The van der Waals surface area contributed by atoms with Crippen LogP contribution in [0.25, 0.3) is 32.9 Å². The number of aromatic amines is 1. The van der Waals surface area contributed by atoms with Crippen molar-refractivity contribution in [2.75, 3.05) is 0 Å². The standard InChI is InChI=1S/C15H9N5OS/c21-15-13-12(10(7-22-13)9-5-16-8-17-6-9)19-14(20-15)11-3-1-2-4-18-11/h1-8H,(H,19,20,21). The molecule has 4 heterocycles. The van der Waals surface area contributed by atoms with E-state index in [2.05, 4.69) is 24.9 Å². The fourth-order valence-corrected chi connectivity index (χ4v) is 3.10. The maximum atomic E-state index is 12.3. The van der Waals surface area contributed by atoms with Crippen molar-refractivity contribution in [3.63, 3.8) is 0 Å². The van der Waals surface area contributed by atoms with Crippen LogP contribution < -0.4 is 5.56 Å². The van der Waals surface area contributed by atoms with E-state index in [4.69, 9.17) is 0 Å². The Labute approximate surface area is 128 Å². The maximum Gasteiger partial charge on any atom is 0.269 e. The lowest BCUT2D eigenvalue weighted by Gasteiger charge is -2.01. The molecule has 1 N–H and O–H groups in total. The van der Waals surface area contributed by atoms with E-state index < -0.39 is 0 Å². The highest BCUT2D eigenvalue weighted by Gasteiger charge is 2.14. The maximum absolute atomic E-state index is 12.3. The molecule has 4 aromatic rings. The van der Waals surface area contributed by atoms with Crippen LogP contribution in [-0.4, -0.2) is 24.9 Å². The number of pyridine rings is 1. The average Bonchev–Trinajstić information content (AvgIpc) is 3.01. The molecule has 0 saturated heterocycles. The van der Waals surface area contributed by atoms with Gasteiger partial charge >= 0.3 is 0 Å². The Morgan fingerprint density at radius 2 is 2.00 bits per heavy atom. The van der Waals surface area contributed by atoms with Gasteiger partial charge in [0.25, 0.3) is 5.56 Å². The van der Waals surface area contributed by atoms with Crippen LogP contribution in [0.4, 0.5) is 0 Å². The number of nitrogens with one attached hydrogen (secondary N) is 1. The first-order chi connectivity index (χ1) is 10.8. The molecule has 6 nitrogen and oxygen atoms in total. The zero-order valence-electron chi connectivity index (χ0n) is 11.2. The van der Waals surface area contributed by atoms with Crippen LogP contribution >= 0.6 is 11.3 Å². The van der Waals surface area contributed by atoms with Crippen molar-refractivity contribution in [1.29, 1.82) is 0 Å². The van der Waals surface area contributed by atoms with Crippen LogP contribution in [0.3, 0.4) is 0 Å². The van der Waals surface area contributed by atoms with Gasteiger partial charge in [-0.2, -0.15) is 0 Å². The molecule has 0 fully saturated rings. The third-order valence-corrected chi connectivity index (χ3v) is 4.17. The Hall–Kier alpha value is -2.93. The number of H-pyrrole nitrogens is 1. The van der Waals surface area contributed by atoms with E-state index in [-0.39, 0.29) is 5.56 Å². The molecule has 0 aliphatic rings. The van der Waals surface area contributed by atoms with Crippen LogP contribution in [0.1, 0.15) is 0 Å². The first-order valence-corrected chi connectivity index (χ1v) is 7.39. The van der Waals surface area contributed by atoms with Crippen molar-refractivity contribution >= 4 is 21.6 Å². The number of fused-ring (bicyclic) bond motifs is 1. The van der Waals surface area contributed by atoms with Gasteiger partial charge in [-0.15, -0.1) is 11.3 Å². The minimum Gasteiger partial charge on any atom is -0.304 e. The molecule has 0 aliphatic carbocycles. The summed E-state index contributed by atoms with van der Waals surface area (Å²) in [4.78, 5) is 31.9. The van der Waals surface area contributed by atoms with Crippen molar-refractivity contribution < 1.29 is 0 Å². The summed E-state index contributed by atoms with van der Waals surface area (Å²) in [5, 5.41) is 1.90. The molecule has 4 rings (SSSR count). The molecule has 106 valence electrons. The topological polar surface area (TPSA) is 84.4 Å². The lowest BCUT2D eigenvalue weighted by molar-refractivity contribution is 1.15. The quantitative estimate of drug-likeness (QED) is 0.615. The zero-order chi connectivity index (χ0) is 14.9. The lowest BCUT2D eigenvalue weighted by atomic mass is 10.1. The van der Waals surface area contributed by atoms with E-state index in [9.17, 15) is 4.79 Å². The largest absolute Gasteiger partial charge is 0.304 e. The minimum atomic E-state index is -0.168. The zero-order valence-corrected chi connectivity index (χ0v) is 12.0. The van der Waals surface area contributed by atoms with Crippen molar-refractivity contribution in [3.8, 4) is 22.6 Å². The van der Waals surface area contributed by atoms with Crippen molar-refractivity contribution in [1.82, 2.24) is 24.9 Å². The smallest absolute Gasteiger partial charge is 0.269 e. The van der Waals surface area contributed by atoms with Gasteiger partial charge in [0.1, 0.15) is 16.7 Å². The molecule has 22 heavy (non-hydrogen) atoms. The predicted octanol–water partition coefficient (Wildman–Crippen LogP) is 2.50. The van der Waals surface area contributed by atoms with E-state index in [1.807, 2.05) is 23.6 Å². The molecule has 7 heteroatoms. The molecular weight excluding hydrogens is 298 g/mol. The molecule has 0 saturated carbocycles. The summed E-state index contributed by atoms with van der Waals surface area (Å²) in [5.41, 5.74) is 2.79. The summed E-state index contributed by atoms with van der Waals surface area (Å²) in [6.07, 6.45) is 6.55. The molecule has 0 aromatic carbocycles. The van der Waals surface area contributed by atoms with Gasteiger partial charge in [0.15, 0.2) is 5.82 Å². The van der Waals surface area contributed by atoms with Gasteiger partial charge < -0.3 is 4.98 Å². The van der Waals surface area contributed by atoms with E-state index in [1.54, 1.807) is 18.6 Å². The van der Waals surface area contributed by atoms with E-state index in [0.717, 1.165) is 11.1 Å². The van der Waals surface area contributed by atoms with Crippen molar-refractivity contribution in [2.24, 2.45) is 0 Å². The molecule has 4 aromatic heterocycles. The number of nitrogens with zero attached hydrogens (tertiary/aromatic N) is 4. The fourth-order valence-electron chi connectivity index (χ4n) is 2.19. The summed E-state index contributed by atoms with van der Waals surface area (Å²) >= 11 is 1.36. The molecule has 0 bridgehead atoms. The second-order valence-corrected chi connectivity index (χ2v) is 5.46. The average molecular weight is 307 g/mol. The SMILES string of the molecule is O=c1[nH]c(-c2ccccn2)nc2c(-c3cncnc3)csc12. The summed E-state index contributed by atoms with van der Waals surface area (Å²) < 4.78 is 0.582. The Morgan fingerprint density at radius 1 is 1.14 bits per heavy atom. The van der Waals surface area contributed by atoms with Crippen molar-refractivity contribution in [3.05, 3.63) is 58.9 Å². The number of thiophene rings is 1. The van der Waals surface area contributed by atoms with Gasteiger partial charge in [0.2, 0.25) is 0 Å². The lowest BCUT2D eigenvalue weighted by Crippen LogP contribution is -2.08. The molecule has 0 unspecified atom stereocenters. The number of aromatic nitrogens is 5. The normalized spacial score (nSPS) is 10.9. The van der Waals surface area contributed by atoms with Gasteiger partial charge in [-0.1, -0.05) is 6.07 Å². The predicted molar refractivity (Wildman–Crippen MR) is 84.5 cm³/mol. The monoisotopic (exact) mass is 307 g/mol. The Morgan fingerprint density at radius 3 is 2.77 bits per heavy atom. The molecule has 0 amide bonds. The summed E-state index contributed by atoms with van der Waals surface area (Å²) in [6, 6.07) is 5.48. The molecule has 0 radical (unpaired) electrons. The summed E-state index contributed by atoms with van der Waals surface area (Å²) in [5.74, 6) is 0.453. The van der Waals surface area contributed by atoms with Gasteiger partial charge in [0, 0.05) is 35.1 Å². The fraction of sp³-hybridized carbons (Fsp3) is 0. The number of hydrogen-bond acceptors (Lipinski definition) is 6. The minimum absolute atomic E-state index is 0.168. The first kappa shape index (κ1) is 12.8. The summed E-state index contributed by atoms with van der Waals surface area (Å²) in [6.45, 7) is 0.